The van der Waals surface area contributed by atoms with E-state index in [-0.39, 0.29) is 28.6 Å². The minimum absolute atomic E-state index is 0.0336. The maximum absolute atomic E-state index is 13.0. The summed E-state index contributed by atoms with van der Waals surface area (Å²) in [6.45, 7) is 1.23. The predicted molar refractivity (Wildman–Crippen MR) is 137 cm³/mol. The lowest BCUT2D eigenvalue weighted by molar-refractivity contribution is 0.101. The minimum Gasteiger partial charge on any atom is -0.508 e. The molecular weight excluding hydrogens is 472 g/mol. The highest BCUT2D eigenvalue weighted by Crippen LogP contribution is 2.41. The molecule has 0 unspecified atom stereocenters. The number of carbonyl (C=O) groups is 1. The Balaban J connectivity index is 1.32. The minimum atomic E-state index is -0.452. The molecule has 37 heavy (non-hydrogen) atoms. The third-order valence-electron chi connectivity index (χ3n) is 6.25. The number of ketones is 1. The van der Waals surface area contributed by atoms with E-state index in [1.807, 2.05) is 58.9 Å². The molecule has 5 aromatic rings. The molecule has 6 rings (SSSR count). The van der Waals surface area contributed by atoms with E-state index in [1.165, 1.54) is 6.07 Å². The first-order chi connectivity index (χ1) is 18.0. The summed E-state index contributed by atoms with van der Waals surface area (Å²) < 4.78 is 15.4. The van der Waals surface area contributed by atoms with Gasteiger partial charge in [0, 0.05) is 54.9 Å². The maximum atomic E-state index is 13.0. The summed E-state index contributed by atoms with van der Waals surface area (Å²) in [5.74, 6) is -0.0228. The summed E-state index contributed by atoms with van der Waals surface area (Å²) in [4.78, 5) is 21.5. The van der Waals surface area contributed by atoms with E-state index in [1.54, 1.807) is 24.8 Å². The van der Waals surface area contributed by atoms with Crippen LogP contribution in [-0.2, 0) is 13.6 Å². The smallest absolute Gasteiger partial charge is 0.235 e. The Labute approximate surface area is 211 Å². The number of benzene rings is 2. The molecule has 1 aliphatic heterocycles. The summed E-state index contributed by atoms with van der Waals surface area (Å²) >= 11 is 0. The van der Waals surface area contributed by atoms with Crippen LogP contribution in [-0.4, -0.2) is 41.7 Å². The fraction of sp³-hybridized carbons (Fsp3) is 0.107. The first-order valence-corrected chi connectivity index (χ1v) is 11.6. The molecule has 1 aliphatic rings. The van der Waals surface area contributed by atoms with Gasteiger partial charge in [-0.05, 0) is 35.4 Å². The van der Waals surface area contributed by atoms with Gasteiger partial charge in [0.1, 0.15) is 40.8 Å². The molecule has 4 heterocycles. The molecule has 0 spiro atoms. The van der Waals surface area contributed by atoms with Crippen LogP contribution in [0.25, 0.3) is 28.2 Å². The number of hydrogen-bond donors (Lipinski definition) is 2. The monoisotopic (exact) mass is 494 g/mol. The van der Waals surface area contributed by atoms with E-state index >= 15 is 0 Å². The maximum Gasteiger partial charge on any atom is 0.235 e. The molecule has 0 saturated heterocycles. The number of aromatic nitrogens is 4. The van der Waals surface area contributed by atoms with E-state index in [0.29, 0.717) is 13.2 Å². The SMILES string of the molecule is Cn1cc(C=C2Oc3cc(O)cc(O)c3C2=O)c2c(-c3ccc(OCCn4ccnc4)cc3)ccnc21. The third-order valence-corrected chi connectivity index (χ3v) is 6.25. The lowest BCUT2D eigenvalue weighted by Crippen LogP contribution is -2.06. The van der Waals surface area contributed by atoms with Crippen LogP contribution < -0.4 is 9.47 Å². The number of pyridine rings is 1. The van der Waals surface area contributed by atoms with Crippen LogP contribution in [0.3, 0.4) is 0 Å². The van der Waals surface area contributed by atoms with E-state index in [0.717, 1.165) is 39.5 Å². The molecule has 0 radical (unpaired) electrons. The Morgan fingerprint density at radius 2 is 1.95 bits per heavy atom. The van der Waals surface area contributed by atoms with Gasteiger partial charge in [-0.15, -0.1) is 0 Å². The zero-order valence-corrected chi connectivity index (χ0v) is 19.8. The first-order valence-electron chi connectivity index (χ1n) is 11.6. The summed E-state index contributed by atoms with van der Waals surface area (Å²) in [7, 11) is 1.88. The number of phenols is 2. The van der Waals surface area contributed by atoms with Crippen LogP contribution in [0.2, 0.25) is 0 Å². The second-order valence-electron chi connectivity index (χ2n) is 8.70. The number of imidazole rings is 1. The summed E-state index contributed by atoms with van der Waals surface area (Å²) in [6, 6.07) is 12.2. The van der Waals surface area contributed by atoms with Crippen molar-refractivity contribution in [2.24, 2.45) is 7.05 Å². The largest absolute Gasteiger partial charge is 0.508 e. The molecule has 3 aromatic heterocycles. The quantitative estimate of drug-likeness (QED) is 0.333. The predicted octanol–water partition coefficient (Wildman–Crippen LogP) is 4.54. The van der Waals surface area contributed by atoms with Gasteiger partial charge in [-0.2, -0.15) is 0 Å². The molecule has 0 amide bonds. The average Bonchev–Trinajstić information content (AvgIpc) is 3.59. The Morgan fingerprint density at radius 3 is 2.73 bits per heavy atom. The fourth-order valence-electron chi connectivity index (χ4n) is 4.53. The lowest BCUT2D eigenvalue weighted by Gasteiger charge is -2.09. The van der Waals surface area contributed by atoms with Gasteiger partial charge in [-0.1, -0.05) is 12.1 Å². The van der Waals surface area contributed by atoms with Crippen molar-refractivity contribution in [1.29, 1.82) is 0 Å². The molecular formula is C28H22N4O5. The topological polar surface area (TPSA) is 112 Å². The summed E-state index contributed by atoms with van der Waals surface area (Å²) in [5.41, 5.74) is 3.41. The number of carbonyl (C=O) groups excluding carboxylic acids is 1. The van der Waals surface area contributed by atoms with Crippen molar-refractivity contribution in [2.45, 2.75) is 6.54 Å². The van der Waals surface area contributed by atoms with Crippen LogP contribution >= 0.6 is 0 Å². The zero-order valence-electron chi connectivity index (χ0n) is 19.8. The Kier molecular flexibility index (Phi) is 5.37. The number of ether oxygens (including phenoxy) is 2. The van der Waals surface area contributed by atoms with Crippen molar-refractivity contribution in [3.05, 3.63) is 90.5 Å². The molecule has 2 N–H and O–H groups in total. The highest BCUT2D eigenvalue weighted by Gasteiger charge is 2.31. The average molecular weight is 495 g/mol. The molecule has 0 fully saturated rings. The van der Waals surface area contributed by atoms with Crippen LogP contribution in [0.1, 0.15) is 15.9 Å². The van der Waals surface area contributed by atoms with E-state index in [9.17, 15) is 15.0 Å². The second kappa shape index (κ2) is 8.87. The Morgan fingerprint density at radius 1 is 1.11 bits per heavy atom. The zero-order chi connectivity index (χ0) is 25.5. The molecule has 0 aliphatic carbocycles. The van der Waals surface area contributed by atoms with Crippen molar-refractivity contribution in [3.63, 3.8) is 0 Å². The van der Waals surface area contributed by atoms with Crippen LogP contribution in [0.4, 0.5) is 0 Å². The van der Waals surface area contributed by atoms with Crippen molar-refractivity contribution in [2.75, 3.05) is 6.61 Å². The Hall–Kier alpha value is -5.05. The number of nitrogens with zero attached hydrogens (tertiary/aromatic N) is 4. The van der Waals surface area contributed by atoms with Gasteiger partial charge in [-0.3, -0.25) is 4.79 Å². The van der Waals surface area contributed by atoms with Crippen molar-refractivity contribution in [1.82, 2.24) is 19.1 Å². The highest BCUT2D eigenvalue weighted by atomic mass is 16.5. The molecule has 9 heteroatoms. The number of fused-ring (bicyclic) bond motifs is 2. The number of aromatic hydroxyl groups is 2. The number of phenolic OH excluding ortho intramolecular Hbond substituents is 2. The van der Waals surface area contributed by atoms with Gasteiger partial charge in [0.25, 0.3) is 0 Å². The molecule has 9 nitrogen and oxygen atoms in total. The molecule has 0 atom stereocenters. The number of aryl methyl sites for hydroxylation is 1. The molecule has 0 saturated carbocycles. The highest BCUT2D eigenvalue weighted by molar-refractivity contribution is 6.17. The molecule has 0 bridgehead atoms. The number of Topliss-reactive ketones (excluding diaryl/α,β-unsaturated/α-hetero) is 1. The van der Waals surface area contributed by atoms with E-state index < -0.39 is 5.78 Å². The van der Waals surface area contributed by atoms with E-state index in [2.05, 4.69) is 9.97 Å². The summed E-state index contributed by atoms with van der Waals surface area (Å²) in [5, 5.41) is 20.8. The van der Waals surface area contributed by atoms with Gasteiger partial charge in [0.05, 0.1) is 12.9 Å². The van der Waals surface area contributed by atoms with Crippen molar-refractivity contribution in [3.8, 4) is 34.1 Å². The molecule has 184 valence electrons. The van der Waals surface area contributed by atoms with Gasteiger partial charge in [0.15, 0.2) is 5.76 Å². The van der Waals surface area contributed by atoms with Crippen molar-refractivity contribution >= 4 is 22.9 Å². The van der Waals surface area contributed by atoms with Gasteiger partial charge >= 0.3 is 0 Å². The van der Waals surface area contributed by atoms with Crippen molar-refractivity contribution < 1.29 is 24.5 Å². The second-order valence-corrected chi connectivity index (χ2v) is 8.70. The van der Waals surface area contributed by atoms with Crippen LogP contribution in [0.5, 0.6) is 23.0 Å². The van der Waals surface area contributed by atoms with E-state index in [4.69, 9.17) is 9.47 Å². The summed E-state index contributed by atoms with van der Waals surface area (Å²) in [6.07, 6.45) is 10.6. The number of rotatable bonds is 6. The standard InChI is InChI=1S/C28H22N4O5/c1-31-15-18(12-24-27(35)26-22(34)13-19(33)14-23(26)37-24)25-21(6-7-30-28(25)31)17-2-4-20(5-3-17)36-11-10-32-9-8-29-16-32/h2-9,12-16,33-34H,10-11H2,1H3. The Bertz CT molecular complexity index is 1670. The number of hydrogen-bond acceptors (Lipinski definition) is 7. The number of allylic oxidation sites excluding steroid dienone is 1. The van der Waals surface area contributed by atoms with Gasteiger partial charge in [-0.25, -0.2) is 9.97 Å². The normalized spacial score (nSPS) is 13.8. The lowest BCUT2D eigenvalue weighted by atomic mass is 10.0. The van der Waals surface area contributed by atoms with Crippen LogP contribution in [0, 0.1) is 0 Å². The first kappa shape index (κ1) is 22.4. The fourth-order valence-corrected chi connectivity index (χ4v) is 4.53. The van der Waals surface area contributed by atoms with Crippen LogP contribution in [0.15, 0.2) is 79.3 Å². The van der Waals surface area contributed by atoms with Gasteiger partial charge < -0.3 is 28.8 Å². The third kappa shape index (κ3) is 4.06. The molecule has 2 aromatic carbocycles. The van der Waals surface area contributed by atoms with Gasteiger partial charge in [0.2, 0.25) is 5.78 Å².